The number of halogens is 2. The average molecular weight is 345 g/mol. The van der Waals surface area contributed by atoms with Gasteiger partial charge in [0.2, 0.25) is 0 Å². The van der Waals surface area contributed by atoms with E-state index in [1.165, 1.54) is 16.7 Å². The maximum absolute atomic E-state index is 6.16. The first-order valence-electron chi connectivity index (χ1n) is 5.84. The van der Waals surface area contributed by atoms with Crippen LogP contribution >= 0.6 is 38.9 Å². The van der Waals surface area contributed by atoms with Gasteiger partial charge in [-0.1, -0.05) is 24.6 Å². The van der Waals surface area contributed by atoms with Crippen LogP contribution in [0.2, 0.25) is 5.02 Å². The molecule has 0 saturated carbocycles. The minimum atomic E-state index is 0.188. The fourth-order valence-corrected chi connectivity index (χ4v) is 3.89. The second kappa shape index (κ2) is 6.20. The Morgan fingerprint density at radius 3 is 2.67 bits per heavy atom. The van der Waals surface area contributed by atoms with E-state index in [9.17, 15) is 0 Å². The molecule has 2 rings (SSSR count). The molecule has 2 aromatic rings. The molecule has 0 bridgehead atoms. The lowest BCUT2D eigenvalue weighted by Crippen LogP contribution is -2.21. The van der Waals surface area contributed by atoms with Crippen LogP contribution < -0.4 is 5.32 Å². The van der Waals surface area contributed by atoms with Crippen LogP contribution in [0, 0.1) is 6.92 Å². The first kappa shape index (κ1) is 14.1. The Labute approximate surface area is 125 Å². The van der Waals surface area contributed by atoms with E-state index in [-0.39, 0.29) is 6.04 Å². The molecule has 1 heterocycles. The van der Waals surface area contributed by atoms with Gasteiger partial charge in [0.05, 0.1) is 6.04 Å². The molecule has 0 aliphatic carbocycles. The molecule has 4 heteroatoms. The first-order chi connectivity index (χ1) is 8.61. The molecule has 0 saturated heterocycles. The van der Waals surface area contributed by atoms with Crippen molar-refractivity contribution in [3.05, 3.63) is 55.1 Å². The molecule has 0 radical (unpaired) electrons. The van der Waals surface area contributed by atoms with Crippen molar-refractivity contribution in [3.8, 4) is 0 Å². The number of hydrogen-bond donors (Lipinski definition) is 1. The fourth-order valence-electron chi connectivity index (χ4n) is 2.04. The van der Waals surface area contributed by atoms with Crippen molar-refractivity contribution in [3.63, 3.8) is 0 Å². The molecule has 1 atom stereocenters. The molecule has 0 aliphatic rings. The molecule has 0 spiro atoms. The maximum Gasteiger partial charge on any atom is 0.0596 e. The molecule has 18 heavy (non-hydrogen) atoms. The number of thiophene rings is 1. The number of rotatable bonds is 4. The second-order valence-electron chi connectivity index (χ2n) is 4.23. The summed E-state index contributed by atoms with van der Waals surface area (Å²) in [5.41, 5.74) is 3.66. The van der Waals surface area contributed by atoms with Crippen LogP contribution in [0.15, 0.2) is 33.4 Å². The normalized spacial score (nSPS) is 12.7. The largest absolute Gasteiger partial charge is 0.306 e. The summed E-state index contributed by atoms with van der Waals surface area (Å²) in [5, 5.41) is 8.59. The third-order valence-corrected chi connectivity index (χ3v) is 4.73. The molecule has 96 valence electrons. The highest BCUT2D eigenvalue weighted by molar-refractivity contribution is 9.10. The maximum atomic E-state index is 6.16. The quantitative estimate of drug-likeness (QED) is 0.806. The first-order valence-corrected chi connectivity index (χ1v) is 7.95. The van der Waals surface area contributed by atoms with Gasteiger partial charge in [-0.3, -0.25) is 0 Å². The van der Waals surface area contributed by atoms with Crippen molar-refractivity contribution in [1.82, 2.24) is 5.32 Å². The Balaban J connectivity index is 2.44. The van der Waals surface area contributed by atoms with Crippen LogP contribution in [0.3, 0.4) is 0 Å². The Morgan fingerprint density at radius 2 is 2.11 bits per heavy atom. The molecular weight excluding hydrogens is 330 g/mol. The van der Waals surface area contributed by atoms with Crippen molar-refractivity contribution in [2.24, 2.45) is 0 Å². The molecule has 1 N–H and O–H groups in total. The van der Waals surface area contributed by atoms with Crippen molar-refractivity contribution < 1.29 is 0 Å². The van der Waals surface area contributed by atoms with Crippen molar-refractivity contribution >= 4 is 38.9 Å². The molecule has 0 fully saturated rings. The van der Waals surface area contributed by atoms with Gasteiger partial charge >= 0.3 is 0 Å². The van der Waals surface area contributed by atoms with Crippen LogP contribution in [0.5, 0.6) is 0 Å². The van der Waals surface area contributed by atoms with Crippen LogP contribution in [-0.4, -0.2) is 6.54 Å². The van der Waals surface area contributed by atoms with Gasteiger partial charge in [-0.05, 0) is 63.6 Å². The van der Waals surface area contributed by atoms with E-state index in [2.05, 4.69) is 51.9 Å². The molecular formula is C14H15BrClNS. The molecule has 0 aliphatic heterocycles. The Bertz CT molecular complexity index is 518. The Morgan fingerprint density at radius 1 is 1.33 bits per heavy atom. The number of hydrogen-bond acceptors (Lipinski definition) is 2. The summed E-state index contributed by atoms with van der Waals surface area (Å²) >= 11 is 11.5. The minimum absolute atomic E-state index is 0.188. The lowest BCUT2D eigenvalue weighted by atomic mass is 9.99. The predicted molar refractivity (Wildman–Crippen MR) is 83.7 cm³/mol. The van der Waals surface area contributed by atoms with E-state index < -0.39 is 0 Å². The third-order valence-electron chi connectivity index (χ3n) is 2.76. The van der Waals surface area contributed by atoms with E-state index in [1.807, 2.05) is 12.1 Å². The van der Waals surface area contributed by atoms with Gasteiger partial charge < -0.3 is 5.32 Å². The SMILES string of the molecule is CCNC(c1cc(C)cc(Cl)c1)c1cscc1Br. The summed E-state index contributed by atoms with van der Waals surface area (Å²) in [6, 6.07) is 6.39. The van der Waals surface area contributed by atoms with Crippen LogP contribution in [-0.2, 0) is 0 Å². The van der Waals surface area contributed by atoms with Crippen molar-refractivity contribution in [2.45, 2.75) is 19.9 Å². The second-order valence-corrected chi connectivity index (χ2v) is 6.26. The molecule has 1 aromatic carbocycles. The van der Waals surface area contributed by atoms with Crippen LogP contribution in [0.1, 0.15) is 29.7 Å². The monoisotopic (exact) mass is 343 g/mol. The highest BCUT2D eigenvalue weighted by Gasteiger charge is 2.17. The fraction of sp³-hybridized carbons (Fsp3) is 0.286. The third kappa shape index (κ3) is 3.15. The van der Waals surface area contributed by atoms with Gasteiger partial charge in [-0.25, -0.2) is 0 Å². The molecule has 1 unspecified atom stereocenters. The minimum Gasteiger partial charge on any atom is -0.306 e. The topological polar surface area (TPSA) is 12.0 Å². The van der Waals surface area contributed by atoms with Gasteiger partial charge in [0.15, 0.2) is 0 Å². The zero-order valence-electron chi connectivity index (χ0n) is 10.3. The van der Waals surface area contributed by atoms with E-state index >= 15 is 0 Å². The number of aryl methyl sites for hydroxylation is 1. The highest BCUT2D eigenvalue weighted by Crippen LogP contribution is 2.33. The lowest BCUT2D eigenvalue weighted by Gasteiger charge is -2.19. The Kier molecular flexibility index (Phi) is 4.84. The van der Waals surface area contributed by atoms with Gasteiger partial charge in [-0.2, -0.15) is 11.3 Å². The molecule has 0 amide bonds. The van der Waals surface area contributed by atoms with Gasteiger partial charge in [0, 0.05) is 14.9 Å². The zero-order valence-corrected chi connectivity index (χ0v) is 13.5. The summed E-state index contributed by atoms with van der Waals surface area (Å²) in [6.07, 6.45) is 0. The van der Waals surface area contributed by atoms with E-state index in [0.717, 1.165) is 16.0 Å². The zero-order chi connectivity index (χ0) is 13.1. The summed E-state index contributed by atoms with van der Waals surface area (Å²) in [6.45, 7) is 5.10. The predicted octanol–water partition coefficient (Wildman–Crippen LogP) is 5.17. The van der Waals surface area contributed by atoms with Crippen molar-refractivity contribution in [2.75, 3.05) is 6.54 Å². The summed E-state index contributed by atoms with van der Waals surface area (Å²) in [4.78, 5) is 0. The average Bonchev–Trinajstić information content (AvgIpc) is 2.71. The van der Waals surface area contributed by atoms with Gasteiger partial charge in [-0.15, -0.1) is 0 Å². The Hall–Kier alpha value is -0.350. The number of benzene rings is 1. The smallest absolute Gasteiger partial charge is 0.0596 e. The summed E-state index contributed by atoms with van der Waals surface area (Å²) in [5.74, 6) is 0. The van der Waals surface area contributed by atoms with Gasteiger partial charge in [0.1, 0.15) is 0 Å². The van der Waals surface area contributed by atoms with Crippen molar-refractivity contribution in [1.29, 1.82) is 0 Å². The summed E-state index contributed by atoms with van der Waals surface area (Å²) in [7, 11) is 0. The lowest BCUT2D eigenvalue weighted by molar-refractivity contribution is 0.630. The van der Waals surface area contributed by atoms with E-state index in [4.69, 9.17) is 11.6 Å². The molecule has 1 nitrogen and oxygen atoms in total. The molecule has 1 aromatic heterocycles. The van der Waals surface area contributed by atoms with Crippen LogP contribution in [0.4, 0.5) is 0 Å². The standard InChI is InChI=1S/C14H15BrClNS/c1-3-17-14(12-7-18-8-13(12)15)10-4-9(2)5-11(16)6-10/h4-8,14,17H,3H2,1-2H3. The highest BCUT2D eigenvalue weighted by atomic mass is 79.9. The van der Waals surface area contributed by atoms with Gasteiger partial charge in [0.25, 0.3) is 0 Å². The van der Waals surface area contributed by atoms with E-state index in [0.29, 0.717) is 0 Å². The van der Waals surface area contributed by atoms with Crippen LogP contribution in [0.25, 0.3) is 0 Å². The summed E-state index contributed by atoms with van der Waals surface area (Å²) < 4.78 is 1.15. The van der Waals surface area contributed by atoms with E-state index in [1.54, 1.807) is 11.3 Å². The number of nitrogens with one attached hydrogen (secondary N) is 1.